The maximum Gasteiger partial charge on any atom is 0.237 e. The zero-order chi connectivity index (χ0) is 16.6. The topological polar surface area (TPSA) is 86.1 Å². The fraction of sp³-hybridized carbons (Fsp3) is 0.267. The van der Waals surface area contributed by atoms with Crippen LogP contribution >= 0.6 is 11.6 Å². The van der Waals surface area contributed by atoms with Gasteiger partial charge < -0.3 is 4.90 Å². The molecular formula is C15H15ClN6O. The lowest BCUT2D eigenvalue weighted by Crippen LogP contribution is -2.28. The van der Waals surface area contributed by atoms with Crippen molar-refractivity contribution < 1.29 is 4.79 Å². The van der Waals surface area contributed by atoms with Crippen LogP contribution in [0, 0.1) is 5.41 Å². The molecular weight excluding hydrogens is 316 g/mol. The van der Waals surface area contributed by atoms with Gasteiger partial charge in [-0.15, -0.1) is 0 Å². The minimum Gasteiger partial charge on any atom is -0.347 e. The van der Waals surface area contributed by atoms with Gasteiger partial charge in [-0.25, -0.2) is 0 Å². The predicted molar refractivity (Wildman–Crippen MR) is 88.4 cm³/mol. The summed E-state index contributed by atoms with van der Waals surface area (Å²) in [7, 11) is 3.56. The van der Waals surface area contributed by atoms with Gasteiger partial charge in [-0.1, -0.05) is 30.3 Å². The van der Waals surface area contributed by atoms with Crippen molar-refractivity contribution in [2.75, 3.05) is 30.4 Å². The first-order valence-corrected chi connectivity index (χ1v) is 7.37. The largest absolute Gasteiger partial charge is 0.347 e. The van der Waals surface area contributed by atoms with Crippen LogP contribution in [0.4, 0.5) is 11.9 Å². The van der Waals surface area contributed by atoms with Crippen molar-refractivity contribution in [3.8, 4) is 0 Å². The highest BCUT2D eigenvalue weighted by molar-refractivity contribution is 6.28. The van der Waals surface area contributed by atoms with Crippen molar-refractivity contribution in [1.29, 1.82) is 5.41 Å². The monoisotopic (exact) mass is 330 g/mol. The number of benzene rings is 1. The number of carbonyl (C=O) groups excluding carboxylic acids is 1. The number of hydrogen-bond acceptors (Lipinski definition) is 6. The van der Waals surface area contributed by atoms with Gasteiger partial charge in [0.25, 0.3) is 0 Å². The molecule has 1 N–H and O–H groups in total. The van der Waals surface area contributed by atoms with Crippen LogP contribution in [-0.2, 0) is 4.79 Å². The molecule has 1 fully saturated rings. The zero-order valence-corrected chi connectivity index (χ0v) is 13.4. The highest BCUT2D eigenvalue weighted by Gasteiger charge is 2.39. The third-order valence-corrected chi connectivity index (χ3v) is 3.73. The molecule has 1 aliphatic rings. The molecule has 0 amide bonds. The average molecular weight is 331 g/mol. The van der Waals surface area contributed by atoms with Gasteiger partial charge in [0, 0.05) is 14.1 Å². The molecule has 8 heteroatoms. The van der Waals surface area contributed by atoms with E-state index in [1.807, 2.05) is 30.3 Å². The highest BCUT2D eigenvalue weighted by atomic mass is 35.5. The zero-order valence-electron chi connectivity index (χ0n) is 12.7. The molecule has 0 aliphatic carbocycles. The summed E-state index contributed by atoms with van der Waals surface area (Å²) in [5, 5.41) is 8.39. The summed E-state index contributed by atoms with van der Waals surface area (Å²) in [6, 6.07) is 9.25. The molecule has 118 valence electrons. The van der Waals surface area contributed by atoms with Crippen LogP contribution in [0.5, 0.6) is 0 Å². The molecule has 1 aromatic carbocycles. The molecule has 1 saturated heterocycles. The van der Waals surface area contributed by atoms with Crippen molar-refractivity contribution in [2.24, 2.45) is 0 Å². The number of aromatic nitrogens is 3. The number of amidine groups is 1. The molecule has 23 heavy (non-hydrogen) atoms. The third-order valence-electron chi connectivity index (χ3n) is 3.56. The van der Waals surface area contributed by atoms with E-state index in [0.717, 1.165) is 5.56 Å². The van der Waals surface area contributed by atoms with E-state index in [1.54, 1.807) is 19.0 Å². The Hall–Kier alpha value is -2.54. The molecule has 2 aromatic rings. The van der Waals surface area contributed by atoms with Crippen LogP contribution in [0.2, 0.25) is 5.28 Å². The number of anilines is 2. The van der Waals surface area contributed by atoms with Crippen LogP contribution in [0.1, 0.15) is 11.5 Å². The van der Waals surface area contributed by atoms with E-state index >= 15 is 0 Å². The molecule has 1 unspecified atom stereocenters. The third kappa shape index (κ3) is 2.87. The number of hydrogen-bond donors (Lipinski definition) is 1. The summed E-state index contributed by atoms with van der Waals surface area (Å²) in [5.41, 5.74) is 0.790. The van der Waals surface area contributed by atoms with Gasteiger partial charge in [0.15, 0.2) is 5.78 Å². The summed E-state index contributed by atoms with van der Waals surface area (Å²) in [4.78, 5) is 27.9. The Morgan fingerprint density at radius 2 is 1.91 bits per heavy atom. The van der Waals surface area contributed by atoms with Crippen molar-refractivity contribution in [2.45, 2.75) is 5.92 Å². The SMILES string of the molecule is CN(C)c1nc(Cl)nc(N2CC(=O)C(c3ccccc3)C2=N)n1. The lowest BCUT2D eigenvalue weighted by molar-refractivity contribution is -0.116. The number of Topliss-reactive ketones (excluding diaryl/α,β-unsaturated/α-hetero) is 1. The summed E-state index contributed by atoms with van der Waals surface area (Å²) in [6.45, 7) is 0.0472. The van der Waals surface area contributed by atoms with Gasteiger partial charge >= 0.3 is 0 Å². The molecule has 2 heterocycles. The minimum atomic E-state index is -0.602. The predicted octanol–water partition coefficient (Wildman–Crippen LogP) is 1.74. The van der Waals surface area contributed by atoms with Crippen LogP contribution in [-0.4, -0.2) is 47.2 Å². The molecule has 0 saturated carbocycles. The van der Waals surface area contributed by atoms with E-state index in [4.69, 9.17) is 17.0 Å². The van der Waals surface area contributed by atoms with Crippen LogP contribution in [0.25, 0.3) is 0 Å². The minimum absolute atomic E-state index is 0.0297. The van der Waals surface area contributed by atoms with Gasteiger partial charge in [-0.3, -0.25) is 15.1 Å². The van der Waals surface area contributed by atoms with E-state index in [0.29, 0.717) is 5.95 Å². The molecule has 1 aromatic heterocycles. The highest BCUT2D eigenvalue weighted by Crippen LogP contribution is 2.29. The maximum absolute atomic E-state index is 12.4. The van der Waals surface area contributed by atoms with Crippen molar-refractivity contribution >= 4 is 35.1 Å². The normalized spacial score (nSPS) is 17.7. The van der Waals surface area contributed by atoms with Gasteiger partial charge in [0.2, 0.25) is 17.2 Å². The Bertz CT molecular complexity index is 764. The van der Waals surface area contributed by atoms with Crippen molar-refractivity contribution in [1.82, 2.24) is 15.0 Å². The van der Waals surface area contributed by atoms with Crippen LogP contribution in [0.3, 0.4) is 0 Å². The number of halogens is 1. The fourth-order valence-electron chi connectivity index (χ4n) is 2.46. The summed E-state index contributed by atoms with van der Waals surface area (Å²) < 4.78 is 0. The molecule has 1 atom stereocenters. The molecule has 0 bridgehead atoms. The Labute approximate surface area is 138 Å². The number of nitrogens with zero attached hydrogens (tertiary/aromatic N) is 5. The Balaban J connectivity index is 1.97. The van der Waals surface area contributed by atoms with E-state index < -0.39 is 5.92 Å². The van der Waals surface area contributed by atoms with Crippen molar-refractivity contribution in [3.63, 3.8) is 0 Å². The van der Waals surface area contributed by atoms with Gasteiger partial charge in [0.1, 0.15) is 11.8 Å². The van der Waals surface area contributed by atoms with Crippen LogP contribution in [0.15, 0.2) is 30.3 Å². The first-order chi connectivity index (χ1) is 11.0. The quantitative estimate of drug-likeness (QED) is 0.922. The van der Waals surface area contributed by atoms with E-state index in [2.05, 4.69) is 15.0 Å². The molecule has 1 aliphatic heterocycles. The smallest absolute Gasteiger partial charge is 0.237 e. The average Bonchev–Trinajstić information content (AvgIpc) is 2.82. The number of nitrogens with one attached hydrogen (secondary N) is 1. The molecule has 0 radical (unpaired) electrons. The number of ketones is 1. The van der Waals surface area contributed by atoms with E-state index in [1.165, 1.54) is 4.90 Å². The van der Waals surface area contributed by atoms with E-state index in [9.17, 15) is 4.79 Å². The Morgan fingerprint density at radius 1 is 1.22 bits per heavy atom. The lowest BCUT2D eigenvalue weighted by Gasteiger charge is -2.18. The lowest BCUT2D eigenvalue weighted by atomic mass is 9.96. The summed E-state index contributed by atoms with van der Waals surface area (Å²) in [6.07, 6.45) is 0. The second-order valence-corrected chi connectivity index (χ2v) is 5.72. The van der Waals surface area contributed by atoms with Gasteiger partial charge in [-0.2, -0.15) is 15.0 Å². The molecule has 7 nitrogen and oxygen atoms in total. The maximum atomic E-state index is 12.4. The Kier molecular flexibility index (Phi) is 3.96. The Morgan fingerprint density at radius 3 is 2.57 bits per heavy atom. The molecule has 0 spiro atoms. The van der Waals surface area contributed by atoms with Gasteiger partial charge in [-0.05, 0) is 17.2 Å². The van der Waals surface area contributed by atoms with Crippen molar-refractivity contribution in [3.05, 3.63) is 41.2 Å². The van der Waals surface area contributed by atoms with E-state index in [-0.39, 0.29) is 29.4 Å². The van der Waals surface area contributed by atoms with Crippen LogP contribution < -0.4 is 9.80 Å². The summed E-state index contributed by atoms with van der Waals surface area (Å²) >= 11 is 5.94. The summed E-state index contributed by atoms with van der Waals surface area (Å²) in [5.74, 6) is 0.0701. The second-order valence-electron chi connectivity index (χ2n) is 5.38. The number of rotatable bonds is 3. The second kappa shape index (κ2) is 5.92. The first kappa shape index (κ1) is 15.4. The number of carbonyl (C=O) groups is 1. The standard InChI is InChI=1S/C15H15ClN6O/c1-21(2)14-18-13(16)19-15(20-14)22-8-10(23)11(12(22)17)9-6-4-3-5-7-9/h3-7,11,17H,8H2,1-2H3. The first-order valence-electron chi connectivity index (χ1n) is 7.00. The van der Waals surface area contributed by atoms with Gasteiger partial charge in [0.05, 0.1) is 6.54 Å². The molecule has 3 rings (SSSR count). The fourth-order valence-corrected chi connectivity index (χ4v) is 2.61.